The van der Waals surface area contributed by atoms with Gasteiger partial charge in [0.25, 0.3) is 5.91 Å². The second-order valence-electron chi connectivity index (χ2n) is 6.29. The van der Waals surface area contributed by atoms with Gasteiger partial charge in [0, 0.05) is 24.7 Å². The first-order valence-corrected chi connectivity index (χ1v) is 7.92. The lowest BCUT2D eigenvalue weighted by molar-refractivity contribution is -0.149. The van der Waals surface area contributed by atoms with E-state index in [1.165, 1.54) is 0 Å². The van der Waals surface area contributed by atoms with Crippen LogP contribution in [0.2, 0.25) is 0 Å². The number of benzene rings is 1. The van der Waals surface area contributed by atoms with E-state index < -0.39 is 11.4 Å². The molecule has 0 atom stereocenters. The lowest BCUT2D eigenvalue weighted by Gasteiger charge is -2.33. The highest BCUT2D eigenvalue weighted by Gasteiger charge is 2.57. The highest BCUT2D eigenvalue weighted by Crippen LogP contribution is 2.46. The normalized spacial score (nSPS) is 19.9. The fourth-order valence-corrected chi connectivity index (χ4v) is 2.98. The Morgan fingerprint density at radius 2 is 1.70 bits per heavy atom. The van der Waals surface area contributed by atoms with Crippen LogP contribution < -0.4 is 5.32 Å². The molecule has 0 radical (unpaired) electrons. The zero-order chi connectivity index (χ0) is 16.4. The van der Waals surface area contributed by atoms with E-state index in [1.807, 2.05) is 18.2 Å². The second-order valence-corrected chi connectivity index (χ2v) is 6.29. The minimum Gasteiger partial charge on any atom is -0.480 e. The number of carboxylic acid groups (broad SMARTS) is 1. The minimum absolute atomic E-state index is 0.000393. The quantitative estimate of drug-likeness (QED) is 0.819. The van der Waals surface area contributed by atoms with Gasteiger partial charge >= 0.3 is 5.97 Å². The lowest BCUT2D eigenvalue weighted by Crippen LogP contribution is -2.49. The Labute approximate surface area is 134 Å². The third kappa shape index (κ3) is 3.06. The summed E-state index contributed by atoms with van der Waals surface area (Å²) in [4.78, 5) is 37.4. The number of hydrogen-bond donors (Lipinski definition) is 2. The molecule has 1 aliphatic heterocycles. The molecule has 122 valence electrons. The molecule has 2 fully saturated rings. The molecule has 1 saturated carbocycles. The fraction of sp³-hybridized carbons (Fsp3) is 0.471. The molecular weight excluding hydrogens is 296 g/mol. The predicted molar refractivity (Wildman–Crippen MR) is 82.8 cm³/mol. The third-order valence-electron chi connectivity index (χ3n) is 4.73. The van der Waals surface area contributed by atoms with Gasteiger partial charge in [-0.15, -0.1) is 0 Å². The molecule has 2 aliphatic rings. The number of carbonyl (C=O) groups excluding carboxylic acids is 2. The summed E-state index contributed by atoms with van der Waals surface area (Å²) >= 11 is 0. The maximum Gasteiger partial charge on any atom is 0.319 e. The molecule has 1 aromatic carbocycles. The van der Waals surface area contributed by atoms with Crippen LogP contribution in [0, 0.1) is 5.41 Å². The Kier molecular flexibility index (Phi) is 4.07. The first-order valence-electron chi connectivity index (χ1n) is 7.92. The van der Waals surface area contributed by atoms with Crippen LogP contribution in [0.4, 0.5) is 0 Å². The molecule has 6 heteroatoms. The number of likely N-dealkylation sites (tertiary alicyclic amines) is 1. The largest absolute Gasteiger partial charge is 0.480 e. The molecular formula is C17H20N2O4. The van der Waals surface area contributed by atoms with E-state index in [1.54, 1.807) is 17.0 Å². The van der Waals surface area contributed by atoms with Crippen molar-refractivity contribution in [1.82, 2.24) is 10.2 Å². The van der Waals surface area contributed by atoms with Gasteiger partial charge in [0.1, 0.15) is 5.41 Å². The Morgan fingerprint density at radius 1 is 1.09 bits per heavy atom. The third-order valence-corrected chi connectivity index (χ3v) is 4.73. The van der Waals surface area contributed by atoms with Crippen molar-refractivity contribution in [2.75, 3.05) is 13.1 Å². The summed E-state index contributed by atoms with van der Waals surface area (Å²) in [5.74, 6) is -1.41. The molecule has 23 heavy (non-hydrogen) atoms. The van der Waals surface area contributed by atoms with Crippen molar-refractivity contribution in [3.8, 4) is 0 Å². The van der Waals surface area contributed by atoms with Gasteiger partial charge in [-0.1, -0.05) is 18.2 Å². The predicted octanol–water partition coefficient (Wildman–Crippen LogP) is 1.27. The highest BCUT2D eigenvalue weighted by molar-refractivity contribution is 6.05. The van der Waals surface area contributed by atoms with E-state index in [-0.39, 0.29) is 17.9 Å². The van der Waals surface area contributed by atoms with Crippen LogP contribution in [-0.4, -0.2) is 46.9 Å². The summed E-state index contributed by atoms with van der Waals surface area (Å²) in [6, 6.07) is 9.07. The number of aliphatic carboxylic acids is 1. The molecule has 2 N–H and O–H groups in total. The zero-order valence-electron chi connectivity index (χ0n) is 12.8. The van der Waals surface area contributed by atoms with Crippen LogP contribution in [-0.2, 0) is 9.59 Å². The van der Waals surface area contributed by atoms with Crippen LogP contribution in [0.25, 0.3) is 0 Å². The number of carbonyl (C=O) groups is 3. The van der Waals surface area contributed by atoms with E-state index in [0.29, 0.717) is 44.3 Å². The first kappa shape index (κ1) is 15.5. The van der Waals surface area contributed by atoms with Gasteiger partial charge < -0.3 is 15.3 Å². The van der Waals surface area contributed by atoms with Crippen molar-refractivity contribution in [3.63, 3.8) is 0 Å². The molecule has 0 bridgehead atoms. The van der Waals surface area contributed by atoms with E-state index >= 15 is 0 Å². The van der Waals surface area contributed by atoms with Crippen LogP contribution in [0.1, 0.15) is 36.0 Å². The first-order chi connectivity index (χ1) is 11.0. The van der Waals surface area contributed by atoms with Crippen LogP contribution in [0.3, 0.4) is 0 Å². The van der Waals surface area contributed by atoms with Crippen molar-refractivity contribution in [1.29, 1.82) is 0 Å². The Hall–Kier alpha value is -2.37. The standard InChI is InChI=1S/C17H20N2O4/c20-14(12-4-2-1-3-5-12)19-10-6-13(7-11-19)18-15(21)17(8-9-17)16(22)23/h1-5,13H,6-11H2,(H,18,21)(H,22,23). The van der Waals surface area contributed by atoms with Crippen molar-refractivity contribution >= 4 is 17.8 Å². The molecule has 0 aromatic heterocycles. The van der Waals surface area contributed by atoms with Gasteiger partial charge in [0.2, 0.25) is 5.91 Å². The summed E-state index contributed by atoms with van der Waals surface area (Å²) in [5, 5.41) is 12.0. The van der Waals surface area contributed by atoms with Gasteiger partial charge in [-0.2, -0.15) is 0 Å². The Morgan fingerprint density at radius 3 is 2.22 bits per heavy atom. The fourth-order valence-electron chi connectivity index (χ4n) is 2.98. The summed E-state index contributed by atoms with van der Waals surface area (Å²) in [5.41, 5.74) is -0.533. The number of nitrogens with zero attached hydrogens (tertiary/aromatic N) is 1. The van der Waals surface area contributed by atoms with E-state index in [4.69, 9.17) is 5.11 Å². The molecule has 1 heterocycles. The second kappa shape index (κ2) is 6.02. The Balaban J connectivity index is 1.52. The molecule has 3 rings (SSSR count). The molecule has 0 spiro atoms. The van der Waals surface area contributed by atoms with Crippen LogP contribution >= 0.6 is 0 Å². The van der Waals surface area contributed by atoms with E-state index in [0.717, 1.165) is 0 Å². The Bertz CT molecular complexity index is 617. The topological polar surface area (TPSA) is 86.7 Å². The number of nitrogens with one attached hydrogen (secondary N) is 1. The highest BCUT2D eigenvalue weighted by atomic mass is 16.4. The van der Waals surface area contributed by atoms with Crippen molar-refractivity contribution in [2.24, 2.45) is 5.41 Å². The zero-order valence-corrected chi connectivity index (χ0v) is 12.8. The number of piperidine rings is 1. The van der Waals surface area contributed by atoms with Gasteiger partial charge in [-0.3, -0.25) is 14.4 Å². The number of amides is 2. The summed E-state index contributed by atoms with van der Waals surface area (Å²) in [6.45, 7) is 1.14. The summed E-state index contributed by atoms with van der Waals surface area (Å²) in [6.07, 6.45) is 2.14. The lowest BCUT2D eigenvalue weighted by atomic mass is 10.0. The average molecular weight is 316 g/mol. The number of hydrogen-bond acceptors (Lipinski definition) is 3. The van der Waals surface area contributed by atoms with Crippen LogP contribution in [0.15, 0.2) is 30.3 Å². The van der Waals surface area contributed by atoms with E-state index in [2.05, 4.69) is 5.32 Å². The molecule has 6 nitrogen and oxygen atoms in total. The number of rotatable bonds is 4. The van der Waals surface area contributed by atoms with Crippen LogP contribution in [0.5, 0.6) is 0 Å². The number of carboxylic acids is 1. The molecule has 1 aliphatic carbocycles. The molecule has 1 aromatic rings. The van der Waals surface area contributed by atoms with Gasteiger partial charge in [0.05, 0.1) is 0 Å². The maximum atomic E-state index is 12.3. The molecule has 1 saturated heterocycles. The molecule has 0 unspecified atom stereocenters. The SMILES string of the molecule is O=C(c1ccccc1)N1CCC(NC(=O)C2(C(=O)O)CC2)CC1. The van der Waals surface area contributed by atoms with Crippen molar-refractivity contribution in [3.05, 3.63) is 35.9 Å². The van der Waals surface area contributed by atoms with Gasteiger partial charge in [0.15, 0.2) is 0 Å². The average Bonchev–Trinajstić information content (AvgIpc) is 3.38. The smallest absolute Gasteiger partial charge is 0.319 e. The van der Waals surface area contributed by atoms with E-state index in [9.17, 15) is 14.4 Å². The van der Waals surface area contributed by atoms with Gasteiger partial charge in [-0.25, -0.2) is 0 Å². The minimum atomic E-state index is -1.20. The van der Waals surface area contributed by atoms with Crippen molar-refractivity contribution < 1.29 is 19.5 Å². The maximum absolute atomic E-state index is 12.3. The summed E-state index contributed by atoms with van der Waals surface area (Å²) < 4.78 is 0. The monoisotopic (exact) mass is 316 g/mol. The van der Waals surface area contributed by atoms with Gasteiger partial charge in [-0.05, 0) is 37.8 Å². The summed E-state index contributed by atoms with van der Waals surface area (Å²) in [7, 11) is 0. The molecule has 2 amide bonds. The van der Waals surface area contributed by atoms with Crippen molar-refractivity contribution in [2.45, 2.75) is 31.7 Å².